The van der Waals surface area contributed by atoms with Gasteiger partial charge in [-0.25, -0.2) is 0 Å². The van der Waals surface area contributed by atoms with Crippen molar-refractivity contribution in [2.45, 2.75) is 26.3 Å². The maximum absolute atomic E-state index is 12.1. The van der Waals surface area contributed by atoms with Crippen LogP contribution in [0.15, 0.2) is 48.5 Å². The minimum absolute atomic E-state index is 0.0608. The number of rotatable bonds is 5. The predicted molar refractivity (Wildman–Crippen MR) is 92.8 cm³/mol. The number of hydrogen-bond donors (Lipinski definition) is 2. The van der Waals surface area contributed by atoms with Crippen LogP contribution < -0.4 is 10.6 Å². The summed E-state index contributed by atoms with van der Waals surface area (Å²) >= 11 is 5.82. The predicted octanol–water partition coefficient (Wildman–Crippen LogP) is 3.66. The molecule has 0 aromatic heterocycles. The number of amides is 2. The van der Waals surface area contributed by atoms with Crippen LogP contribution in [-0.4, -0.2) is 17.9 Å². The number of hydrogen-bond acceptors (Lipinski definition) is 2. The Morgan fingerprint density at radius 2 is 1.78 bits per heavy atom. The monoisotopic (exact) mass is 330 g/mol. The Bertz CT molecular complexity index is 696. The van der Waals surface area contributed by atoms with Gasteiger partial charge in [0.15, 0.2) is 0 Å². The third-order valence-corrected chi connectivity index (χ3v) is 3.36. The molecule has 0 bridgehead atoms. The van der Waals surface area contributed by atoms with Crippen LogP contribution in [0.2, 0.25) is 5.02 Å². The van der Waals surface area contributed by atoms with Gasteiger partial charge >= 0.3 is 0 Å². The molecule has 5 heteroatoms. The fourth-order valence-corrected chi connectivity index (χ4v) is 2.20. The highest BCUT2D eigenvalue weighted by Gasteiger charge is 2.09. The van der Waals surface area contributed by atoms with Gasteiger partial charge in [-0.15, -0.1) is 0 Å². The summed E-state index contributed by atoms with van der Waals surface area (Å²) in [5, 5.41) is 6.26. The average Bonchev–Trinajstić information content (AvgIpc) is 2.49. The number of anilines is 1. The smallest absolute Gasteiger partial charge is 0.251 e. The van der Waals surface area contributed by atoms with E-state index in [1.807, 2.05) is 26.0 Å². The molecule has 0 aliphatic heterocycles. The van der Waals surface area contributed by atoms with Crippen molar-refractivity contribution in [1.82, 2.24) is 5.32 Å². The van der Waals surface area contributed by atoms with Gasteiger partial charge in [-0.2, -0.15) is 0 Å². The van der Waals surface area contributed by atoms with Crippen molar-refractivity contribution in [2.24, 2.45) is 0 Å². The van der Waals surface area contributed by atoms with Gasteiger partial charge in [0.1, 0.15) is 0 Å². The van der Waals surface area contributed by atoms with Gasteiger partial charge in [0.05, 0.1) is 6.42 Å². The minimum Gasteiger partial charge on any atom is -0.350 e. The van der Waals surface area contributed by atoms with E-state index in [2.05, 4.69) is 10.6 Å². The van der Waals surface area contributed by atoms with Crippen LogP contribution in [-0.2, 0) is 11.2 Å². The summed E-state index contributed by atoms with van der Waals surface area (Å²) in [6, 6.07) is 14.1. The second kappa shape index (κ2) is 7.79. The Morgan fingerprint density at radius 3 is 2.43 bits per heavy atom. The quantitative estimate of drug-likeness (QED) is 0.879. The molecule has 23 heavy (non-hydrogen) atoms. The summed E-state index contributed by atoms with van der Waals surface area (Å²) in [6.07, 6.45) is 0.250. The molecule has 4 nitrogen and oxygen atoms in total. The molecule has 0 unspecified atom stereocenters. The maximum atomic E-state index is 12.1. The fraction of sp³-hybridized carbons (Fsp3) is 0.222. The molecule has 0 fully saturated rings. The molecule has 0 saturated heterocycles. The molecular weight excluding hydrogens is 312 g/mol. The number of halogens is 1. The first kappa shape index (κ1) is 17.0. The van der Waals surface area contributed by atoms with Crippen LogP contribution in [0.5, 0.6) is 0 Å². The van der Waals surface area contributed by atoms with E-state index in [0.29, 0.717) is 16.3 Å². The topological polar surface area (TPSA) is 58.2 Å². The lowest BCUT2D eigenvalue weighted by Gasteiger charge is -2.10. The third kappa shape index (κ3) is 5.42. The van der Waals surface area contributed by atoms with Gasteiger partial charge in [-0.3, -0.25) is 9.59 Å². The molecule has 2 aromatic carbocycles. The van der Waals surface area contributed by atoms with Gasteiger partial charge in [-0.05, 0) is 49.7 Å². The molecule has 0 aliphatic rings. The molecular formula is C18H19ClN2O2. The van der Waals surface area contributed by atoms with Crippen molar-refractivity contribution in [3.63, 3.8) is 0 Å². The Hall–Kier alpha value is -2.33. The molecule has 0 heterocycles. The lowest BCUT2D eigenvalue weighted by Crippen LogP contribution is -2.30. The first-order valence-electron chi connectivity index (χ1n) is 7.39. The van der Waals surface area contributed by atoms with Crippen LogP contribution in [0.25, 0.3) is 0 Å². The molecule has 0 atom stereocenters. The van der Waals surface area contributed by atoms with Crippen LogP contribution in [0.4, 0.5) is 5.69 Å². The highest BCUT2D eigenvalue weighted by Crippen LogP contribution is 2.13. The largest absolute Gasteiger partial charge is 0.350 e. The van der Waals surface area contributed by atoms with E-state index in [9.17, 15) is 9.59 Å². The molecule has 0 saturated carbocycles. The van der Waals surface area contributed by atoms with Crippen LogP contribution in [0.3, 0.4) is 0 Å². The molecule has 2 rings (SSSR count). The lowest BCUT2D eigenvalue weighted by molar-refractivity contribution is -0.115. The van der Waals surface area contributed by atoms with E-state index in [1.54, 1.807) is 36.4 Å². The van der Waals surface area contributed by atoms with E-state index >= 15 is 0 Å². The summed E-state index contributed by atoms with van der Waals surface area (Å²) < 4.78 is 0. The molecule has 0 aliphatic carbocycles. The number of carbonyl (C=O) groups excluding carboxylic acids is 2. The highest BCUT2D eigenvalue weighted by atomic mass is 35.5. The Balaban J connectivity index is 2.00. The maximum Gasteiger partial charge on any atom is 0.251 e. The van der Waals surface area contributed by atoms with Gasteiger partial charge in [-0.1, -0.05) is 29.8 Å². The zero-order chi connectivity index (χ0) is 16.8. The molecule has 120 valence electrons. The fourth-order valence-electron chi connectivity index (χ4n) is 2.08. The SMILES string of the molecule is CC(C)NC(=O)c1cccc(NC(=O)Cc2ccc(Cl)cc2)c1. The summed E-state index contributed by atoms with van der Waals surface area (Å²) in [5.41, 5.74) is 1.99. The summed E-state index contributed by atoms with van der Waals surface area (Å²) in [6.45, 7) is 3.80. The zero-order valence-electron chi connectivity index (χ0n) is 13.1. The van der Waals surface area contributed by atoms with Crippen molar-refractivity contribution < 1.29 is 9.59 Å². The number of carbonyl (C=O) groups is 2. The Labute approximate surface area is 140 Å². The van der Waals surface area contributed by atoms with Crippen molar-refractivity contribution >= 4 is 29.1 Å². The Kier molecular flexibility index (Phi) is 5.77. The summed E-state index contributed by atoms with van der Waals surface area (Å²) in [4.78, 5) is 24.1. The summed E-state index contributed by atoms with van der Waals surface area (Å²) in [5.74, 6) is -0.303. The normalized spacial score (nSPS) is 10.4. The highest BCUT2D eigenvalue weighted by molar-refractivity contribution is 6.30. The van der Waals surface area contributed by atoms with Crippen molar-refractivity contribution in [3.05, 3.63) is 64.7 Å². The van der Waals surface area contributed by atoms with E-state index in [0.717, 1.165) is 5.56 Å². The van der Waals surface area contributed by atoms with Crippen LogP contribution >= 0.6 is 11.6 Å². The summed E-state index contributed by atoms with van der Waals surface area (Å²) in [7, 11) is 0. The number of benzene rings is 2. The van der Waals surface area contributed by atoms with Crippen molar-refractivity contribution in [3.8, 4) is 0 Å². The van der Waals surface area contributed by atoms with Gasteiger partial charge < -0.3 is 10.6 Å². The second-order valence-electron chi connectivity index (χ2n) is 5.56. The first-order valence-corrected chi connectivity index (χ1v) is 7.77. The first-order chi connectivity index (χ1) is 10.9. The van der Waals surface area contributed by atoms with Crippen molar-refractivity contribution in [1.29, 1.82) is 0 Å². The van der Waals surface area contributed by atoms with Gasteiger partial charge in [0.2, 0.25) is 5.91 Å². The second-order valence-corrected chi connectivity index (χ2v) is 6.00. The van der Waals surface area contributed by atoms with Gasteiger partial charge in [0, 0.05) is 22.3 Å². The minimum atomic E-state index is -0.159. The molecule has 2 aromatic rings. The van der Waals surface area contributed by atoms with E-state index in [4.69, 9.17) is 11.6 Å². The van der Waals surface area contributed by atoms with E-state index in [1.165, 1.54) is 0 Å². The average molecular weight is 331 g/mol. The lowest BCUT2D eigenvalue weighted by atomic mass is 10.1. The van der Waals surface area contributed by atoms with E-state index < -0.39 is 0 Å². The Morgan fingerprint density at radius 1 is 1.09 bits per heavy atom. The molecule has 2 N–H and O–H groups in total. The molecule has 0 radical (unpaired) electrons. The molecule has 2 amide bonds. The van der Waals surface area contributed by atoms with Crippen LogP contribution in [0, 0.1) is 0 Å². The molecule has 0 spiro atoms. The van der Waals surface area contributed by atoms with Gasteiger partial charge in [0.25, 0.3) is 5.91 Å². The van der Waals surface area contributed by atoms with E-state index in [-0.39, 0.29) is 24.3 Å². The zero-order valence-corrected chi connectivity index (χ0v) is 13.9. The standard InChI is InChI=1S/C18H19ClN2O2/c1-12(2)20-18(23)14-4-3-5-16(11-14)21-17(22)10-13-6-8-15(19)9-7-13/h3-9,11-12H,10H2,1-2H3,(H,20,23)(H,21,22). The third-order valence-electron chi connectivity index (χ3n) is 3.11. The van der Waals surface area contributed by atoms with Crippen LogP contribution in [0.1, 0.15) is 29.8 Å². The van der Waals surface area contributed by atoms with Crippen molar-refractivity contribution in [2.75, 3.05) is 5.32 Å². The number of nitrogens with one attached hydrogen (secondary N) is 2.